The first-order valence-electron chi connectivity index (χ1n) is 6.26. The molecule has 0 aliphatic carbocycles. The zero-order valence-corrected chi connectivity index (χ0v) is 10.6. The molecule has 0 saturated carbocycles. The fraction of sp³-hybridized carbons (Fsp3) is 0.250. The summed E-state index contributed by atoms with van der Waals surface area (Å²) in [5, 5.41) is 12.5. The molecule has 0 aromatic heterocycles. The normalized spacial score (nSPS) is 12.3. The molecule has 0 fully saturated rings. The van der Waals surface area contributed by atoms with E-state index in [1.54, 1.807) is 0 Å². The maximum absolute atomic E-state index is 8.98. The summed E-state index contributed by atoms with van der Waals surface area (Å²) in [6, 6.07) is 18.8. The molecule has 2 N–H and O–H groups in total. The van der Waals surface area contributed by atoms with E-state index in [-0.39, 0.29) is 6.61 Å². The molecule has 0 unspecified atom stereocenters. The Hall–Kier alpha value is -1.64. The summed E-state index contributed by atoms with van der Waals surface area (Å²) in [6.07, 6.45) is 0. The minimum Gasteiger partial charge on any atom is -0.392 e. The van der Waals surface area contributed by atoms with Crippen LogP contribution in [0.3, 0.4) is 0 Å². The van der Waals surface area contributed by atoms with Crippen molar-refractivity contribution in [1.29, 1.82) is 0 Å². The lowest BCUT2D eigenvalue weighted by Crippen LogP contribution is -2.17. The molecule has 2 heteroatoms. The molecule has 2 nitrogen and oxygen atoms in total. The second-order valence-corrected chi connectivity index (χ2v) is 4.49. The first-order valence-corrected chi connectivity index (χ1v) is 6.26. The Bertz CT molecular complexity index is 464. The van der Waals surface area contributed by atoms with Gasteiger partial charge in [-0.05, 0) is 23.6 Å². The monoisotopic (exact) mass is 241 g/mol. The van der Waals surface area contributed by atoms with Crippen molar-refractivity contribution in [2.45, 2.75) is 26.1 Å². The molecule has 0 radical (unpaired) electrons. The van der Waals surface area contributed by atoms with Crippen molar-refractivity contribution in [2.75, 3.05) is 0 Å². The molecule has 0 spiro atoms. The van der Waals surface area contributed by atoms with E-state index in [9.17, 15) is 0 Å². The van der Waals surface area contributed by atoms with Crippen LogP contribution in [0.5, 0.6) is 0 Å². The molecule has 0 aliphatic heterocycles. The summed E-state index contributed by atoms with van der Waals surface area (Å²) < 4.78 is 0. The van der Waals surface area contributed by atoms with E-state index in [0.29, 0.717) is 6.04 Å². The van der Waals surface area contributed by atoms with Crippen molar-refractivity contribution in [2.24, 2.45) is 0 Å². The highest BCUT2D eigenvalue weighted by molar-refractivity contribution is 5.23. The third kappa shape index (κ3) is 3.42. The van der Waals surface area contributed by atoms with E-state index in [0.717, 1.165) is 12.1 Å². The van der Waals surface area contributed by atoms with Crippen molar-refractivity contribution in [3.63, 3.8) is 0 Å². The SMILES string of the molecule is C[C@@H](NCc1ccc(CO)cc1)c1ccccc1. The molecule has 0 aliphatic rings. The van der Waals surface area contributed by atoms with Crippen LogP contribution in [0.15, 0.2) is 54.6 Å². The van der Waals surface area contributed by atoms with Gasteiger partial charge < -0.3 is 10.4 Å². The van der Waals surface area contributed by atoms with Crippen molar-refractivity contribution < 1.29 is 5.11 Å². The number of hydrogen-bond donors (Lipinski definition) is 2. The van der Waals surface area contributed by atoms with Gasteiger partial charge in [0.15, 0.2) is 0 Å². The Kier molecular flexibility index (Phi) is 4.51. The molecule has 2 aromatic carbocycles. The van der Waals surface area contributed by atoms with Crippen LogP contribution in [-0.4, -0.2) is 5.11 Å². The van der Waals surface area contributed by atoms with Crippen LogP contribution in [0, 0.1) is 0 Å². The molecule has 18 heavy (non-hydrogen) atoms. The first kappa shape index (κ1) is 12.8. The lowest BCUT2D eigenvalue weighted by atomic mass is 10.1. The van der Waals surface area contributed by atoms with Crippen LogP contribution in [-0.2, 0) is 13.2 Å². The Labute approximate surface area is 108 Å². The van der Waals surface area contributed by atoms with Gasteiger partial charge in [-0.1, -0.05) is 54.6 Å². The van der Waals surface area contributed by atoms with E-state index in [2.05, 4.69) is 48.6 Å². The van der Waals surface area contributed by atoms with Gasteiger partial charge >= 0.3 is 0 Å². The van der Waals surface area contributed by atoms with Crippen molar-refractivity contribution in [3.8, 4) is 0 Å². The summed E-state index contributed by atoms with van der Waals surface area (Å²) in [5.74, 6) is 0. The molecule has 1 atom stereocenters. The lowest BCUT2D eigenvalue weighted by molar-refractivity contribution is 0.282. The van der Waals surface area contributed by atoms with Gasteiger partial charge in [0.2, 0.25) is 0 Å². The quantitative estimate of drug-likeness (QED) is 0.843. The van der Waals surface area contributed by atoms with Gasteiger partial charge in [-0.15, -0.1) is 0 Å². The van der Waals surface area contributed by atoms with Crippen molar-refractivity contribution in [1.82, 2.24) is 5.32 Å². The van der Waals surface area contributed by atoms with E-state index in [1.165, 1.54) is 11.1 Å². The Morgan fingerprint density at radius 3 is 2.17 bits per heavy atom. The molecule has 0 amide bonds. The highest BCUT2D eigenvalue weighted by atomic mass is 16.3. The zero-order chi connectivity index (χ0) is 12.8. The highest BCUT2D eigenvalue weighted by Gasteiger charge is 2.03. The lowest BCUT2D eigenvalue weighted by Gasteiger charge is -2.14. The van der Waals surface area contributed by atoms with E-state index >= 15 is 0 Å². The second kappa shape index (κ2) is 6.34. The highest BCUT2D eigenvalue weighted by Crippen LogP contribution is 2.12. The average molecular weight is 241 g/mol. The van der Waals surface area contributed by atoms with Crippen LogP contribution >= 0.6 is 0 Å². The standard InChI is InChI=1S/C16H19NO/c1-13(16-5-3-2-4-6-16)17-11-14-7-9-15(12-18)10-8-14/h2-10,13,17-18H,11-12H2,1H3/t13-/m1/s1. The van der Waals surface area contributed by atoms with Gasteiger partial charge in [-0.25, -0.2) is 0 Å². The topological polar surface area (TPSA) is 32.3 Å². The third-order valence-electron chi connectivity index (χ3n) is 3.12. The van der Waals surface area contributed by atoms with Gasteiger partial charge in [0.25, 0.3) is 0 Å². The number of benzene rings is 2. The second-order valence-electron chi connectivity index (χ2n) is 4.49. The largest absolute Gasteiger partial charge is 0.392 e. The molecular weight excluding hydrogens is 222 g/mol. The summed E-state index contributed by atoms with van der Waals surface area (Å²) in [7, 11) is 0. The Morgan fingerprint density at radius 1 is 0.944 bits per heavy atom. The fourth-order valence-electron chi connectivity index (χ4n) is 1.89. The van der Waals surface area contributed by atoms with Gasteiger partial charge in [0.05, 0.1) is 6.61 Å². The predicted molar refractivity (Wildman–Crippen MR) is 74.1 cm³/mol. The number of rotatable bonds is 5. The summed E-state index contributed by atoms with van der Waals surface area (Å²) >= 11 is 0. The Balaban J connectivity index is 1.91. The minimum absolute atomic E-state index is 0.105. The van der Waals surface area contributed by atoms with E-state index in [1.807, 2.05) is 18.2 Å². The zero-order valence-electron chi connectivity index (χ0n) is 10.6. The minimum atomic E-state index is 0.105. The van der Waals surface area contributed by atoms with Crippen LogP contribution < -0.4 is 5.32 Å². The van der Waals surface area contributed by atoms with Gasteiger partial charge in [-0.2, -0.15) is 0 Å². The van der Waals surface area contributed by atoms with E-state index in [4.69, 9.17) is 5.11 Å². The van der Waals surface area contributed by atoms with Crippen LogP contribution in [0.2, 0.25) is 0 Å². The first-order chi connectivity index (χ1) is 8.79. The van der Waals surface area contributed by atoms with Gasteiger partial charge in [0, 0.05) is 12.6 Å². The molecule has 2 aromatic rings. The fourth-order valence-corrected chi connectivity index (χ4v) is 1.89. The third-order valence-corrected chi connectivity index (χ3v) is 3.12. The summed E-state index contributed by atoms with van der Waals surface area (Å²) in [6.45, 7) is 3.10. The molecule has 94 valence electrons. The number of aliphatic hydroxyl groups excluding tert-OH is 1. The van der Waals surface area contributed by atoms with Crippen molar-refractivity contribution >= 4 is 0 Å². The van der Waals surface area contributed by atoms with Crippen LogP contribution in [0.4, 0.5) is 0 Å². The summed E-state index contributed by atoms with van der Waals surface area (Å²) in [5.41, 5.74) is 3.48. The molecule has 2 rings (SSSR count). The van der Waals surface area contributed by atoms with Crippen LogP contribution in [0.1, 0.15) is 29.7 Å². The van der Waals surface area contributed by atoms with E-state index < -0.39 is 0 Å². The number of nitrogens with one attached hydrogen (secondary N) is 1. The number of hydrogen-bond acceptors (Lipinski definition) is 2. The average Bonchev–Trinajstić information content (AvgIpc) is 2.46. The van der Waals surface area contributed by atoms with Gasteiger partial charge in [-0.3, -0.25) is 0 Å². The molecule has 0 heterocycles. The molecule has 0 saturated heterocycles. The molecular formula is C16H19NO. The van der Waals surface area contributed by atoms with Crippen molar-refractivity contribution in [3.05, 3.63) is 71.3 Å². The Morgan fingerprint density at radius 2 is 1.56 bits per heavy atom. The van der Waals surface area contributed by atoms with Crippen LogP contribution in [0.25, 0.3) is 0 Å². The maximum atomic E-state index is 8.98. The summed E-state index contributed by atoms with van der Waals surface area (Å²) in [4.78, 5) is 0. The van der Waals surface area contributed by atoms with Gasteiger partial charge in [0.1, 0.15) is 0 Å². The number of aliphatic hydroxyl groups is 1. The molecule has 0 bridgehead atoms. The predicted octanol–water partition coefficient (Wildman–Crippen LogP) is 3.03. The smallest absolute Gasteiger partial charge is 0.0681 e. The maximum Gasteiger partial charge on any atom is 0.0681 e.